The number of hydrogen-bond acceptors (Lipinski definition) is 5. The molecule has 1 N–H and O–H groups in total. The molecule has 0 radical (unpaired) electrons. The van der Waals surface area contributed by atoms with Crippen LogP contribution in [0.5, 0.6) is 5.75 Å². The largest absolute Gasteiger partial charge is 0.497 e. The molecule has 5 heteroatoms. The Morgan fingerprint density at radius 2 is 1.75 bits per heavy atom. The van der Waals surface area contributed by atoms with Gasteiger partial charge in [-0.05, 0) is 55.9 Å². The molecule has 0 aliphatic carbocycles. The summed E-state index contributed by atoms with van der Waals surface area (Å²) in [6.07, 6.45) is 0. The zero-order valence-corrected chi connectivity index (χ0v) is 16.9. The van der Waals surface area contributed by atoms with Crippen molar-refractivity contribution in [1.29, 1.82) is 0 Å². The Morgan fingerprint density at radius 3 is 2.46 bits per heavy atom. The highest BCUT2D eigenvalue weighted by atomic mass is 16.5. The van der Waals surface area contributed by atoms with Gasteiger partial charge in [0.25, 0.3) is 0 Å². The fourth-order valence-electron chi connectivity index (χ4n) is 3.68. The van der Waals surface area contributed by atoms with Crippen LogP contribution in [-0.4, -0.2) is 55.1 Å². The SMILES string of the molecule is COc1ccc2nc(C)cc(Nc3ccc(CN4CCN(C)CC4)cc3)c2c1. The highest BCUT2D eigenvalue weighted by Gasteiger charge is 2.13. The molecule has 3 aromatic rings. The van der Waals surface area contributed by atoms with Gasteiger partial charge in [-0.3, -0.25) is 9.88 Å². The number of piperazine rings is 1. The van der Waals surface area contributed by atoms with Crippen molar-refractivity contribution in [3.8, 4) is 5.75 Å². The molecule has 1 saturated heterocycles. The van der Waals surface area contributed by atoms with Gasteiger partial charge in [0.15, 0.2) is 0 Å². The standard InChI is InChI=1S/C23H28N4O/c1-17-14-23(21-15-20(28-3)8-9-22(21)24-17)25-19-6-4-18(5-7-19)16-27-12-10-26(2)11-13-27/h4-9,14-15H,10-13,16H2,1-3H3,(H,24,25). The number of nitrogens with zero attached hydrogens (tertiary/aromatic N) is 3. The fourth-order valence-corrected chi connectivity index (χ4v) is 3.68. The Hall–Kier alpha value is -2.63. The van der Waals surface area contributed by atoms with Crippen LogP contribution in [0.3, 0.4) is 0 Å². The molecule has 4 rings (SSSR count). The number of likely N-dealkylation sites (N-methyl/N-ethyl adjacent to an activating group) is 1. The average molecular weight is 377 g/mol. The lowest BCUT2D eigenvalue weighted by Gasteiger charge is -2.32. The van der Waals surface area contributed by atoms with Crippen molar-refractivity contribution < 1.29 is 4.74 Å². The highest BCUT2D eigenvalue weighted by molar-refractivity contribution is 5.94. The first-order chi connectivity index (χ1) is 13.6. The van der Waals surface area contributed by atoms with Gasteiger partial charge < -0.3 is 15.0 Å². The average Bonchev–Trinajstić information content (AvgIpc) is 2.71. The first kappa shape index (κ1) is 18.7. The molecule has 28 heavy (non-hydrogen) atoms. The summed E-state index contributed by atoms with van der Waals surface area (Å²) in [6.45, 7) is 7.62. The molecule has 0 amide bonds. The summed E-state index contributed by atoms with van der Waals surface area (Å²) >= 11 is 0. The first-order valence-corrected chi connectivity index (χ1v) is 9.83. The molecule has 0 atom stereocenters. The number of aryl methyl sites for hydroxylation is 1. The highest BCUT2D eigenvalue weighted by Crippen LogP contribution is 2.29. The van der Waals surface area contributed by atoms with Gasteiger partial charge in [-0.25, -0.2) is 0 Å². The monoisotopic (exact) mass is 376 g/mol. The predicted molar refractivity (Wildman–Crippen MR) is 116 cm³/mol. The fraction of sp³-hybridized carbons (Fsp3) is 0.348. The number of nitrogens with one attached hydrogen (secondary N) is 1. The number of hydrogen-bond donors (Lipinski definition) is 1. The Bertz CT molecular complexity index is 947. The van der Waals surface area contributed by atoms with E-state index in [1.54, 1.807) is 7.11 Å². The van der Waals surface area contributed by atoms with Crippen molar-refractivity contribution in [2.75, 3.05) is 45.7 Å². The minimum absolute atomic E-state index is 0.837. The quantitative estimate of drug-likeness (QED) is 0.728. The molecule has 1 aromatic heterocycles. The minimum Gasteiger partial charge on any atom is -0.497 e. The van der Waals surface area contributed by atoms with Crippen LogP contribution in [0.1, 0.15) is 11.3 Å². The zero-order valence-electron chi connectivity index (χ0n) is 16.9. The molecular weight excluding hydrogens is 348 g/mol. The number of anilines is 2. The molecule has 1 fully saturated rings. The molecule has 1 aliphatic rings. The number of pyridine rings is 1. The number of rotatable bonds is 5. The number of fused-ring (bicyclic) bond motifs is 1. The molecule has 0 bridgehead atoms. The van der Waals surface area contributed by atoms with Gasteiger partial charge in [-0.2, -0.15) is 0 Å². The predicted octanol–water partition coefficient (Wildman–Crippen LogP) is 4.04. The molecule has 1 aliphatic heterocycles. The molecule has 0 unspecified atom stereocenters. The van der Waals surface area contributed by atoms with Crippen molar-refractivity contribution in [3.05, 3.63) is 59.8 Å². The molecular formula is C23H28N4O. The van der Waals surface area contributed by atoms with Gasteiger partial charge in [-0.15, -0.1) is 0 Å². The second kappa shape index (κ2) is 8.17. The van der Waals surface area contributed by atoms with E-state index in [0.717, 1.165) is 66.4 Å². The van der Waals surface area contributed by atoms with Crippen LogP contribution in [0.2, 0.25) is 0 Å². The Balaban J connectivity index is 1.51. The summed E-state index contributed by atoms with van der Waals surface area (Å²) in [7, 11) is 3.88. The lowest BCUT2D eigenvalue weighted by molar-refractivity contribution is 0.148. The van der Waals surface area contributed by atoms with Gasteiger partial charge in [0.1, 0.15) is 5.75 Å². The molecule has 5 nitrogen and oxygen atoms in total. The lowest BCUT2D eigenvalue weighted by Crippen LogP contribution is -2.43. The van der Waals surface area contributed by atoms with Crippen molar-refractivity contribution in [2.24, 2.45) is 0 Å². The van der Waals surface area contributed by atoms with Gasteiger partial charge in [-0.1, -0.05) is 12.1 Å². The van der Waals surface area contributed by atoms with Crippen LogP contribution in [-0.2, 0) is 6.54 Å². The normalized spacial score (nSPS) is 15.7. The second-order valence-corrected chi connectivity index (χ2v) is 7.60. The molecule has 0 spiro atoms. The van der Waals surface area contributed by atoms with Crippen LogP contribution in [0.15, 0.2) is 48.5 Å². The van der Waals surface area contributed by atoms with Crippen LogP contribution in [0.4, 0.5) is 11.4 Å². The summed E-state index contributed by atoms with van der Waals surface area (Å²) in [6, 6.07) is 16.8. The molecule has 0 saturated carbocycles. The van der Waals surface area contributed by atoms with E-state index in [1.165, 1.54) is 5.56 Å². The Kier molecular flexibility index (Phi) is 5.46. The van der Waals surface area contributed by atoms with E-state index in [1.807, 2.05) is 25.1 Å². The lowest BCUT2D eigenvalue weighted by atomic mass is 10.1. The summed E-state index contributed by atoms with van der Waals surface area (Å²) in [5.74, 6) is 0.837. The van der Waals surface area contributed by atoms with Crippen LogP contribution >= 0.6 is 0 Å². The Morgan fingerprint density at radius 1 is 1.00 bits per heavy atom. The Labute approximate surface area is 166 Å². The smallest absolute Gasteiger partial charge is 0.119 e. The molecule has 2 heterocycles. The molecule has 146 valence electrons. The van der Waals surface area contributed by atoms with E-state index in [9.17, 15) is 0 Å². The van der Waals surface area contributed by atoms with Crippen LogP contribution in [0.25, 0.3) is 10.9 Å². The van der Waals surface area contributed by atoms with Crippen LogP contribution < -0.4 is 10.1 Å². The maximum absolute atomic E-state index is 5.39. The summed E-state index contributed by atoms with van der Waals surface area (Å²) < 4.78 is 5.39. The number of methoxy groups -OCH3 is 1. The summed E-state index contributed by atoms with van der Waals surface area (Å²) in [4.78, 5) is 9.54. The first-order valence-electron chi connectivity index (χ1n) is 9.83. The van der Waals surface area contributed by atoms with Gasteiger partial charge in [0, 0.05) is 55.2 Å². The second-order valence-electron chi connectivity index (χ2n) is 7.60. The number of ether oxygens (including phenoxy) is 1. The third kappa shape index (κ3) is 4.26. The van der Waals surface area contributed by atoms with Gasteiger partial charge in [0.05, 0.1) is 12.6 Å². The van der Waals surface area contributed by atoms with Gasteiger partial charge >= 0.3 is 0 Å². The minimum atomic E-state index is 0.837. The van der Waals surface area contributed by atoms with E-state index in [-0.39, 0.29) is 0 Å². The maximum atomic E-state index is 5.39. The van der Waals surface area contributed by atoms with Crippen molar-refractivity contribution in [3.63, 3.8) is 0 Å². The van der Waals surface area contributed by atoms with E-state index >= 15 is 0 Å². The van der Waals surface area contributed by atoms with E-state index in [0.29, 0.717) is 0 Å². The zero-order chi connectivity index (χ0) is 19.5. The van der Waals surface area contributed by atoms with Crippen molar-refractivity contribution in [2.45, 2.75) is 13.5 Å². The third-order valence-corrected chi connectivity index (χ3v) is 5.38. The van der Waals surface area contributed by atoms with E-state index in [2.05, 4.69) is 57.5 Å². The number of aromatic nitrogens is 1. The van der Waals surface area contributed by atoms with E-state index < -0.39 is 0 Å². The molecule has 2 aromatic carbocycles. The van der Waals surface area contributed by atoms with Crippen LogP contribution in [0, 0.1) is 6.92 Å². The topological polar surface area (TPSA) is 40.6 Å². The third-order valence-electron chi connectivity index (χ3n) is 5.38. The van der Waals surface area contributed by atoms with Gasteiger partial charge in [0.2, 0.25) is 0 Å². The van der Waals surface area contributed by atoms with Crippen molar-refractivity contribution in [1.82, 2.24) is 14.8 Å². The maximum Gasteiger partial charge on any atom is 0.119 e. The van der Waals surface area contributed by atoms with Crippen molar-refractivity contribution >= 4 is 22.3 Å². The number of benzene rings is 2. The van der Waals surface area contributed by atoms with E-state index in [4.69, 9.17) is 4.74 Å². The summed E-state index contributed by atoms with van der Waals surface area (Å²) in [5.41, 5.74) is 5.44. The summed E-state index contributed by atoms with van der Waals surface area (Å²) in [5, 5.41) is 4.62.